The van der Waals surface area contributed by atoms with E-state index in [2.05, 4.69) is 5.32 Å². The molecule has 0 aliphatic heterocycles. The Hall–Kier alpha value is -0.0800. The van der Waals surface area contributed by atoms with Crippen LogP contribution in [0.3, 0.4) is 0 Å². The van der Waals surface area contributed by atoms with Gasteiger partial charge in [0.05, 0.1) is 0 Å². The summed E-state index contributed by atoms with van der Waals surface area (Å²) in [6, 6.07) is 0.511. The Balaban J connectivity index is 1.43. The van der Waals surface area contributed by atoms with Gasteiger partial charge in [0.25, 0.3) is 0 Å². The average Bonchev–Trinajstić information content (AvgIpc) is 2.61. The predicted molar refractivity (Wildman–Crippen MR) is 60.1 cm³/mol. The molecule has 0 amide bonds. The summed E-state index contributed by atoms with van der Waals surface area (Å²) in [6.45, 7) is 2.44. The molecule has 2 aliphatic rings. The zero-order valence-corrected chi connectivity index (χ0v) is 9.17. The number of hydrogen-bond donors (Lipinski definition) is 2. The molecule has 0 unspecified atom stereocenters. The lowest BCUT2D eigenvalue weighted by molar-refractivity contribution is 0.254. The van der Waals surface area contributed by atoms with Gasteiger partial charge in [-0.25, -0.2) is 0 Å². The third-order valence-corrected chi connectivity index (χ3v) is 3.91. The van der Waals surface area contributed by atoms with Crippen molar-refractivity contribution in [1.29, 1.82) is 0 Å². The van der Waals surface area contributed by atoms with Crippen molar-refractivity contribution in [3.8, 4) is 0 Å². The molecule has 0 aromatic carbocycles. The predicted octanol–water partition coefficient (Wildman–Crippen LogP) is 1.89. The van der Waals surface area contributed by atoms with Crippen LogP contribution >= 0.6 is 0 Å². The van der Waals surface area contributed by atoms with E-state index in [-0.39, 0.29) is 0 Å². The maximum atomic E-state index is 5.74. The molecular weight excluding hydrogens is 172 g/mol. The molecular formula is C12H24N2. The zero-order chi connectivity index (χ0) is 9.80. The molecule has 2 saturated carbocycles. The minimum absolute atomic E-state index is 0.511. The largest absolute Gasteiger partial charge is 0.328 e. The minimum Gasteiger partial charge on any atom is -0.328 e. The second-order valence-corrected chi connectivity index (χ2v) is 5.24. The molecule has 0 radical (unpaired) electrons. The average molecular weight is 196 g/mol. The van der Waals surface area contributed by atoms with Gasteiger partial charge in [-0.05, 0) is 44.2 Å². The van der Waals surface area contributed by atoms with Gasteiger partial charge in [0.2, 0.25) is 0 Å². The van der Waals surface area contributed by atoms with Crippen LogP contribution in [0, 0.1) is 11.8 Å². The van der Waals surface area contributed by atoms with Gasteiger partial charge in [0.1, 0.15) is 0 Å². The summed E-state index contributed by atoms with van der Waals surface area (Å²) in [5, 5.41) is 3.58. The van der Waals surface area contributed by atoms with Crippen molar-refractivity contribution in [3.05, 3.63) is 0 Å². The Morgan fingerprint density at radius 1 is 1.07 bits per heavy atom. The number of hydrogen-bond acceptors (Lipinski definition) is 2. The normalized spacial score (nSPS) is 33.2. The van der Waals surface area contributed by atoms with E-state index in [1.807, 2.05) is 0 Å². The summed E-state index contributed by atoms with van der Waals surface area (Å²) < 4.78 is 0. The van der Waals surface area contributed by atoms with E-state index in [9.17, 15) is 0 Å². The molecule has 0 aromatic rings. The quantitative estimate of drug-likeness (QED) is 0.659. The third kappa shape index (κ3) is 2.96. The van der Waals surface area contributed by atoms with Crippen molar-refractivity contribution in [1.82, 2.24) is 5.32 Å². The Bertz CT molecular complexity index is 158. The van der Waals surface area contributed by atoms with Crippen LogP contribution in [0.25, 0.3) is 0 Å². The maximum absolute atomic E-state index is 5.74. The topological polar surface area (TPSA) is 38.0 Å². The Labute approximate surface area is 87.6 Å². The lowest BCUT2D eigenvalue weighted by atomic mass is 9.81. The van der Waals surface area contributed by atoms with Crippen molar-refractivity contribution in [2.24, 2.45) is 17.6 Å². The van der Waals surface area contributed by atoms with Crippen molar-refractivity contribution in [2.75, 3.05) is 13.1 Å². The van der Waals surface area contributed by atoms with Crippen LogP contribution in [0.1, 0.15) is 44.9 Å². The molecule has 0 saturated heterocycles. The van der Waals surface area contributed by atoms with E-state index in [4.69, 9.17) is 5.73 Å². The number of nitrogens with two attached hydrogens (primary N) is 1. The first-order valence-electron chi connectivity index (χ1n) is 6.31. The van der Waals surface area contributed by atoms with Gasteiger partial charge >= 0.3 is 0 Å². The third-order valence-electron chi connectivity index (χ3n) is 3.91. The smallest absolute Gasteiger partial charge is 0.00450 e. The highest BCUT2D eigenvalue weighted by Gasteiger charge is 2.25. The zero-order valence-electron chi connectivity index (χ0n) is 9.17. The van der Waals surface area contributed by atoms with Crippen molar-refractivity contribution in [3.63, 3.8) is 0 Å². The van der Waals surface area contributed by atoms with Gasteiger partial charge < -0.3 is 11.1 Å². The van der Waals surface area contributed by atoms with E-state index in [1.165, 1.54) is 58.0 Å². The first kappa shape index (κ1) is 10.4. The van der Waals surface area contributed by atoms with E-state index >= 15 is 0 Å². The van der Waals surface area contributed by atoms with E-state index < -0.39 is 0 Å². The van der Waals surface area contributed by atoms with Gasteiger partial charge in [0.15, 0.2) is 0 Å². The molecule has 2 heteroatoms. The second-order valence-electron chi connectivity index (χ2n) is 5.24. The first-order chi connectivity index (χ1) is 6.84. The monoisotopic (exact) mass is 196 g/mol. The van der Waals surface area contributed by atoms with Crippen LogP contribution in [0.4, 0.5) is 0 Å². The highest BCUT2D eigenvalue weighted by atomic mass is 14.9. The summed E-state index contributed by atoms with van der Waals surface area (Å²) in [5.74, 6) is 1.92. The van der Waals surface area contributed by atoms with Crippen LogP contribution < -0.4 is 11.1 Å². The molecule has 0 aromatic heterocycles. The van der Waals surface area contributed by atoms with Crippen LogP contribution in [0.5, 0.6) is 0 Å². The summed E-state index contributed by atoms with van der Waals surface area (Å²) in [7, 11) is 0. The summed E-state index contributed by atoms with van der Waals surface area (Å²) in [6.07, 6.45) is 9.81. The number of nitrogens with one attached hydrogen (secondary N) is 1. The van der Waals surface area contributed by atoms with E-state index in [1.54, 1.807) is 0 Å². The maximum Gasteiger partial charge on any atom is 0.00450 e. The Morgan fingerprint density at radius 3 is 2.43 bits per heavy atom. The highest BCUT2D eigenvalue weighted by Crippen LogP contribution is 2.27. The standard InChI is InChI=1S/C12H24N2/c13-12-7-11(8-12)9-14-6-5-10-3-1-2-4-10/h10-12,14H,1-9,13H2. The lowest BCUT2D eigenvalue weighted by Gasteiger charge is -2.32. The molecule has 2 fully saturated rings. The number of rotatable bonds is 5. The molecule has 2 aliphatic carbocycles. The second kappa shape index (κ2) is 5.13. The van der Waals surface area contributed by atoms with Crippen molar-refractivity contribution >= 4 is 0 Å². The van der Waals surface area contributed by atoms with Gasteiger partial charge in [-0.3, -0.25) is 0 Å². The molecule has 2 nitrogen and oxygen atoms in total. The van der Waals surface area contributed by atoms with Gasteiger partial charge in [-0.1, -0.05) is 25.7 Å². The van der Waals surface area contributed by atoms with Crippen molar-refractivity contribution in [2.45, 2.75) is 51.0 Å². The molecule has 3 N–H and O–H groups in total. The first-order valence-corrected chi connectivity index (χ1v) is 6.31. The van der Waals surface area contributed by atoms with Crippen molar-refractivity contribution < 1.29 is 0 Å². The van der Waals surface area contributed by atoms with Gasteiger partial charge in [-0.15, -0.1) is 0 Å². The van der Waals surface area contributed by atoms with E-state index in [0.29, 0.717) is 6.04 Å². The fraction of sp³-hybridized carbons (Fsp3) is 1.00. The summed E-state index contributed by atoms with van der Waals surface area (Å²) in [5.41, 5.74) is 5.74. The molecule has 2 rings (SSSR count). The van der Waals surface area contributed by atoms with Crippen LogP contribution in [0.15, 0.2) is 0 Å². The summed E-state index contributed by atoms with van der Waals surface area (Å²) >= 11 is 0. The molecule has 0 bridgehead atoms. The highest BCUT2D eigenvalue weighted by molar-refractivity contribution is 4.83. The lowest BCUT2D eigenvalue weighted by Crippen LogP contribution is -2.41. The fourth-order valence-corrected chi connectivity index (χ4v) is 2.87. The van der Waals surface area contributed by atoms with Gasteiger partial charge in [-0.2, -0.15) is 0 Å². The van der Waals surface area contributed by atoms with Crippen LogP contribution in [0.2, 0.25) is 0 Å². The Morgan fingerprint density at radius 2 is 1.79 bits per heavy atom. The molecule has 0 heterocycles. The molecule has 0 spiro atoms. The van der Waals surface area contributed by atoms with Gasteiger partial charge in [0, 0.05) is 6.04 Å². The Kier molecular flexibility index (Phi) is 3.82. The minimum atomic E-state index is 0.511. The molecule has 14 heavy (non-hydrogen) atoms. The fourth-order valence-electron chi connectivity index (χ4n) is 2.87. The van der Waals surface area contributed by atoms with E-state index in [0.717, 1.165) is 11.8 Å². The van der Waals surface area contributed by atoms with Crippen LogP contribution in [-0.2, 0) is 0 Å². The summed E-state index contributed by atoms with van der Waals surface area (Å²) in [4.78, 5) is 0. The molecule has 82 valence electrons. The SMILES string of the molecule is NC1CC(CNCCC2CCCC2)C1. The molecule has 0 atom stereocenters. The van der Waals surface area contributed by atoms with Crippen LogP contribution in [-0.4, -0.2) is 19.1 Å².